The van der Waals surface area contributed by atoms with Crippen LogP contribution in [0, 0.1) is 0 Å². The highest BCUT2D eigenvalue weighted by molar-refractivity contribution is 7.99. The first-order valence-electron chi connectivity index (χ1n) is 4.26. The van der Waals surface area contributed by atoms with Crippen molar-refractivity contribution >= 4 is 23.1 Å². The topological polar surface area (TPSA) is 35.1 Å². The first-order chi connectivity index (χ1) is 5.50. The van der Waals surface area contributed by atoms with E-state index in [1.54, 1.807) is 0 Å². The zero-order chi connectivity index (χ0) is 9.19. The highest BCUT2D eigenvalue weighted by Crippen LogP contribution is 2.21. The lowest BCUT2D eigenvalue weighted by Crippen LogP contribution is -2.44. The van der Waals surface area contributed by atoms with Gasteiger partial charge in [0.05, 0.1) is 6.04 Å². The number of hydrogen-bond acceptors (Lipinski definition) is 3. The van der Waals surface area contributed by atoms with Crippen LogP contribution in [0.3, 0.4) is 0 Å². The van der Waals surface area contributed by atoms with Crippen LogP contribution in [0.2, 0.25) is 0 Å². The minimum absolute atomic E-state index is 0.132. The molecule has 1 fully saturated rings. The van der Waals surface area contributed by atoms with Crippen LogP contribution in [0.5, 0.6) is 0 Å². The van der Waals surface area contributed by atoms with Crippen LogP contribution in [-0.4, -0.2) is 26.8 Å². The van der Waals surface area contributed by atoms with E-state index in [9.17, 15) is 4.55 Å². The van der Waals surface area contributed by atoms with Crippen molar-refractivity contribution in [2.75, 3.05) is 11.5 Å². The van der Waals surface area contributed by atoms with E-state index in [1.165, 1.54) is 5.75 Å². The normalized spacial score (nSPS) is 27.5. The average Bonchev–Trinajstić information content (AvgIpc) is 2.37. The fourth-order valence-corrected chi connectivity index (χ4v) is 3.07. The zero-order valence-electron chi connectivity index (χ0n) is 7.92. The Labute approximate surface area is 82.2 Å². The van der Waals surface area contributed by atoms with Crippen LogP contribution in [0.4, 0.5) is 0 Å². The summed E-state index contributed by atoms with van der Waals surface area (Å²) in [5, 5.41) is 0. The monoisotopic (exact) mass is 207 g/mol. The second kappa shape index (κ2) is 4.22. The number of rotatable bonds is 2. The average molecular weight is 207 g/mol. The Morgan fingerprint density at radius 1 is 1.50 bits per heavy atom. The molecule has 1 rings (SSSR count). The van der Waals surface area contributed by atoms with Crippen LogP contribution in [0.25, 0.3) is 0 Å². The molecule has 0 aromatic carbocycles. The molecule has 1 aliphatic heterocycles. The maximum Gasteiger partial charge on any atom is 0.136 e. The maximum atomic E-state index is 11.6. The third-order valence-corrected chi connectivity index (χ3v) is 4.58. The van der Waals surface area contributed by atoms with Gasteiger partial charge in [0.2, 0.25) is 0 Å². The van der Waals surface area contributed by atoms with Crippen molar-refractivity contribution in [3.8, 4) is 0 Å². The summed E-state index contributed by atoms with van der Waals surface area (Å²) in [6.07, 6.45) is 1.16. The zero-order valence-corrected chi connectivity index (χ0v) is 9.56. The van der Waals surface area contributed by atoms with Gasteiger partial charge in [0.25, 0.3) is 0 Å². The van der Waals surface area contributed by atoms with Crippen molar-refractivity contribution in [2.24, 2.45) is 0 Å². The second-order valence-electron chi connectivity index (χ2n) is 4.06. The quantitative estimate of drug-likeness (QED) is 0.698. The Morgan fingerprint density at radius 3 is 2.58 bits per heavy atom. The highest BCUT2D eigenvalue weighted by Gasteiger charge is 2.30. The lowest BCUT2D eigenvalue weighted by atomic mass is 10.3. The molecule has 12 heavy (non-hydrogen) atoms. The molecular formula is C8H17NOS2. The summed E-state index contributed by atoms with van der Waals surface area (Å²) in [7, 11) is 0. The molecule has 1 heterocycles. The summed E-state index contributed by atoms with van der Waals surface area (Å²) in [5.74, 6) is 2.32. The van der Waals surface area contributed by atoms with Crippen molar-refractivity contribution in [3.63, 3.8) is 0 Å². The third kappa shape index (κ3) is 3.17. The Hall–Kier alpha value is 0.620. The smallest absolute Gasteiger partial charge is 0.136 e. The molecule has 2 atom stereocenters. The van der Waals surface area contributed by atoms with E-state index in [1.807, 2.05) is 32.5 Å². The van der Waals surface area contributed by atoms with E-state index in [2.05, 4.69) is 4.72 Å². The van der Waals surface area contributed by atoms with Crippen LogP contribution in [-0.2, 0) is 11.4 Å². The van der Waals surface area contributed by atoms with Gasteiger partial charge in [-0.15, -0.1) is 4.72 Å². The summed E-state index contributed by atoms with van der Waals surface area (Å²) in [6, 6.07) is 0.468. The molecule has 0 aliphatic carbocycles. The summed E-state index contributed by atoms with van der Waals surface area (Å²) >= 11 is 1.05. The van der Waals surface area contributed by atoms with Crippen molar-refractivity contribution in [3.05, 3.63) is 0 Å². The van der Waals surface area contributed by atoms with Crippen LogP contribution in [0.1, 0.15) is 27.2 Å². The van der Waals surface area contributed by atoms with Gasteiger partial charge in [-0.1, -0.05) is 0 Å². The van der Waals surface area contributed by atoms with Gasteiger partial charge < -0.3 is 4.55 Å². The van der Waals surface area contributed by atoms with Gasteiger partial charge in [-0.3, -0.25) is 0 Å². The molecule has 0 spiro atoms. The second-order valence-corrected chi connectivity index (χ2v) is 7.21. The Kier molecular flexibility index (Phi) is 3.76. The van der Waals surface area contributed by atoms with Gasteiger partial charge in [-0.25, -0.2) is 0 Å². The van der Waals surface area contributed by atoms with Gasteiger partial charge in [0.1, 0.15) is 4.75 Å². The summed E-state index contributed by atoms with van der Waals surface area (Å²) in [5.41, 5.74) is 0. The van der Waals surface area contributed by atoms with E-state index in [0.29, 0.717) is 6.04 Å². The fourth-order valence-electron chi connectivity index (χ4n) is 0.956. The molecule has 1 saturated heterocycles. The summed E-state index contributed by atoms with van der Waals surface area (Å²) in [6.45, 7) is 5.99. The molecule has 0 aromatic rings. The van der Waals surface area contributed by atoms with E-state index < -0.39 is 11.4 Å². The molecule has 1 aliphatic rings. The Bertz CT molecular complexity index is 140. The van der Waals surface area contributed by atoms with Gasteiger partial charge in [0.15, 0.2) is 0 Å². The van der Waals surface area contributed by atoms with Crippen molar-refractivity contribution in [1.82, 2.24) is 4.72 Å². The van der Waals surface area contributed by atoms with E-state index in [0.717, 1.165) is 12.2 Å². The molecule has 2 unspecified atom stereocenters. The largest absolute Gasteiger partial charge is 0.598 e. The SMILES string of the molecule is CC(C)(C)[S+]([O-])NC1CCSC1. The number of thioether (sulfide) groups is 1. The lowest BCUT2D eigenvalue weighted by Gasteiger charge is -2.25. The van der Waals surface area contributed by atoms with Crippen molar-refractivity contribution in [1.29, 1.82) is 0 Å². The lowest BCUT2D eigenvalue weighted by molar-refractivity contribution is 0.528. The van der Waals surface area contributed by atoms with Crippen LogP contribution < -0.4 is 4.72 Å². The molecule has 0 radical (unpaired) electrons. The van der Waals surface area contributed by atoms with Crippen molar-refractivity contribution in [2.45, 2.75) is 38.0 Å². The minimum Gasteiger partial charge on any atom is -0.598 e. The Balaban J connectivity index is 2.30. The predicted molar refractivity (Wildman–Crippen MR) is 56.8 cm³/mol. The Morgan fingerprint density at radius 2 is 2.17 bits per heavy atom. The molecule has 2 nitrogen and oxygen atoms in total. The number of hydrogen-bond donors (Lipinski definition) is 1. The molecule has 1 N–H and O–H groups in total. The van der Waals surface area contributed by atoms with Gasteiger partial charge in [-0.2, -0.15) is 11.8 Å². The molecule has 0 bridgehead atoms. The summed E-state index contributed by atoms with van der Waals surface area (Å²) in [4.78, 5) is 0. The molecule has 0 aromatic heterocycles. The van der Waals surface area contributed by atoms with E-state index >= 15 is 0 Å². The molecular weight excluding hydrogens is 190 g/mol. The molecule has 4 heteroatoms. The standard InChI is InChI=1S/C8H17NOS2/c1-8(2,3)12(10)9-7-4-5-11-6-7/h7,9H,4-6H2,1-3H3. The van der Waals surface area contributed by atoms with Gasteiger partial charge in [-0.05, 0) is 32.9 Å². The predicted octanol–water partition coefficient (Wildman–Crippen LogP) is 1.54. The summed E-state index contributed by atoms with van der Waals surface area (Å²) < 4.78 is 14.6. The fraction of sp³-hybridized carbons (Fsp3) is 1.00. The maximum absolute atomic E-state index is 11.6. The van der Waals surface area contributed by atoms with Crippen molar-refractivity contribution < 1.29 is 4.55 Å². The van der Waals surface area contributed by atoms with Gasteiger partial charge in [0, 0.05) is 17.1 Å². The van der Waals surface area contributed by atoms with Crippen LogP contribution >= 0.6 is 11.8 Å². The third-order valence-electron chi connectivity index (χ3n) is 1.76. The first kappa shape index (κ1) is 10.7. The molecule has 0 amide bonds. The molecule has 72 valence electrons. The minimum atomic E-state index is -0.890. The molecule has 0 saturated carbocycles. The number of nitrogens with one attached hydrogen (secondary N) is 1. The van der Waals surface area contributed by atoms with E-state index in [-0.39, 0.29) is 4.75 Å². The van der Waals surface area contributed by atoms with Crippen LogP contribution in [0.15, 0.2) is 0 Å². The first-order valence-corrected chi connectivity index (χ1v) is 6.56. The van der Waals surface area contributed by atoms with E-state index in [4.69, 9.17) is 0 Å². The highest BCUT2D eigenvalue weighted by atomic mass is 32.2. The van der Waals surface area contributed by atoms with Gasteiger partial charge >= 0.3 is 0 Å².